The smallest absolute Gasteiger partial charge is 0.126 e. The van der Waals surface area contributed by atoms with Crippen molar-refractivity contribution in [1.82, 2.24) is 5.32 Å². The van der Waals surface area contributed by atoms with E-state index in [2.05, 4.69) is 40.3 Å². The van der Waals surface area contributed by atoms with Crippen LogP contribution >= 0.6 is 15.9 Å². The van der Waals surface area contributed by atoms with Gasteiger partial charge in [-0.1, -0.05) is 53.2 Å². The fraction of sp³-hybridized carbons (Fsp3) is 0.333. The summed E-state index contributed by atoms with van der Waals surface area (Å²) in [4.78, 5) is 0. The highest BCUT2D eigenvalue weighted by Crippen LogP contribution is 2.24. The molecule has 0 heterocycles. The number of rotatable bonds is 7. The first kappa shape index (κ1) is 16.2. The molecule has 1 nitrogen and oxygen atoms in total. The summed E-state index contributed by atoms with van der Waals surface area (Å²) in [6.45, 7) is 3.89. The summed E-state index contributed by atoms with van der Waals surface area (Å²) in [5.41, 5.74) is 2.01. The van der Waals surface area contributed by atoms with E-state index in [0.717, 1.165) is 36.0 Å². The maximum absolute atomic E-state index is 14.1. The van der Waals surface area contributed by atoms with Gasteiger partial charge in [0, 0.05) is 16.9 Å². The fourth-order valence-electron chi connectivity index (χ4n) is 2.50. The predicted octanol–water partition coefficient (Wildman–Crippen LogP) is 4.91. The Bertz CT molecular complexity index is 571. The Morgan fingerprint density at radius 2 is 1.95 bits per heavy atom. The standard InChI is InChI=1S/C18H21BrFN/c1-2-10-21-13-15(17-8-3-4-9-18(17)20)11-14-6-5-7-16(19)12-14/h3-9,12,15,21H,2,10-11,13H2,1H3. The van der Waals surface area contributed by atoms with Gasteiger partial charge in [-0.15, -0.1) is 0 Å². The molecule has 0 spiro atoms. The van der Waals surface area contributed by atoms with E-state index in [1.165, 1.54) is 5.56 Å². The molecule has 0 aliphatic carbocycles. The van der Waals surface area contributed by atoms with Crippen LogP contribution < -0.4 is 5.32 Å². The third-order valence-electron chi connectivity index (χ3n) is 3.53. The Morgan fingerprint density at radius 1 is 1.14 bits per heavy atom. The van der Waals surface area contributed by atoms with Gasteiger partial charge in [0.2, 0.25) is 0 Å². The maximum atomic E-state index is 14.1. The average molecular weight is 350 g/mol. The molecule has 1 unspecified atom stereocenters. The van der Waals surface area contributed by atoms with Crippen LogP contribution in [0.5, 0.6) is 0 Å². The largest absolute Gasteiger partial charge is 0.316 e. The van der Waals surface area contributed by atoms with Gasteiger partial charge in [-0.3, -0.25) is 0 Å². The van der Waals surface area contributed by atoms with Crippen LogP contribution in [-0.2, 0) is 6.42 Å². The summed E-state index contributed by atoms with van der Waals surface area (Å²) in [5, 5.41) is 3.42. The second kappa shape index (κ2) is 8.30. The Balaban J connectivity index is 2.17. The van der Waals surface area contributed by atoms with Crippen LogP contribution in [0.15, 0.2) is 53.0 Å². The highest BCUT2D eigenvalue weighted by molar-refractivity contribution is 9.10. The van der Waals surface area contributed by atoms with Crippen LogP contribution in [0.3, 0.4) is 0 Å². The summed E-state index contributed by atoms with van der Waals surface area (Å²) in [7, 11) is 0. The Hall–Kier alpha value is -1.19. The van der Waals surface area contributed by atoms with Crippen LogP contribution in [0.2, 0.25) is 0 Å². The van der Waals surface area contributed by atoms with Crippen molar-refractivity contribution in [2.75, 3.05) is 13.1 Å². The second-order valence-electron chi connectivity index (χ2n) is 5.26. The summed E-state index contributed by atoms with van der Waals surface area (Å²) < 4.78 is 15.2. The third kappa shape index (κ3) is 4.94. The first-order valence-corrected chi connectivity index (χ1v) is 8.19. The summed E-state index contributed by atoms with van der Waals surface area (Å²) in [5.74, 6) is 0.0304. The van der Waals surface area contributed by atoms with Crippen molar-refractivity contribution in [3.63, 3.8) is 0 Å². The van der Waals surface area contributed by atoms with E-state index in [1.807, 2.05) is 24.3 Å². The first-order chi connectivity index (χ1) is 10.2. The van der Waals surface area contributed by atoms with E-state index in [4.69, 9.17) is 0 Å². The zero-order valence-electron chi connectivity index (χ0n) is 12.3. The van der Waals surface area contributed by atoms with Crippen LogP contribution in [0, 0.1) is 5.82 Å². The number of benzene rings is 2. The Labute approximate surface area is 134 Å². The first-order valence-electron chi connectivity index (χ1n) is 7.40. The van der Waals surface area contributed by atoms with E-state index in [1.54, 1.807) is 12.1 Å². The summed E-state index contributed by atoms with van der Waals surface area (Å²) in [6, 6.07) is 15.3. The van der Waals surface area contributed by atoms with Crippen LogP contribution in [0.1, 0.15) is 30.4 Å². The minimum absolute atomic E-state index is 0.115. The molecular weight excluding hydrogens is 329 g/mol. The van der Waals surface area contributed by atoms with E-state index < -0.39 is 0 Å². The molecule has 2 aromatic rings. The minimum Gasteiger partial charge on any atom is -0.316 e. The Kier molecular flexibility index (Phi) is 6.40. The van der Waals surface area contributed by atoms with E-state index in [0.29, 0.717) is 0 Å². The molecule has 0 aliphatic heterocycles. The number of halogens is 2. The molecular formula is C18H21BrFN. The normalized spacial score (nSPS) is 12.3. The van der Waals surface area contributed by atoms with Gasteiger partial charge in [0.15, 0.2) is 0 Å². The van der Waals surface area contributed by atoms with Gasteiger partial charge in [0.1, 0.15) is 5.82 Å². The van der Waals surface area contributed by atoms with Crippen molar-refractivity contribution >= 4 is 15.9 Å². The third-order valence-corrected chi connectivity index (χ3v) is 4.03. The Morgan fingerprint density at radius 3 is 2.67 bits per heavy atom. The van der Waals surface area contributed by atoms with Crippen LogP contribution in [-0.4, -0.2) is 13.1 Å². The molecule has 2 aromatic carbocycles. The topological polar surface area (TPSA) is 12.0 Å². The lowest BCUT2D eigenvalue weighted by atomic mass is 9.91. The molecule has 21 heavy (non-hydrogen) atoms. The molecule has 0 amide bonds. The fourth-order valence-corrected chi connectivity index (χ4v) is 2.95. The lowest BCUT2D eigenvalue weighted by molar-refractivity contribution is 0.536. The molecule has 0 bridgehead atoms. The molecule has 1 N–H and O–H groups in total. The van der Waals surface area contributed by atoms with Gasteiger partial charge < -0.3 is 5.32 Å². The van der Waals surface area contributed by atoms with E-state index in [9.17, 15) is 4.39 Å². The second-order valence-corrected chi connectivity index (χ2v) is 6.17. The number of hydrogen-bond acceptors (Lipinski definition) is 1. The molecule has 0 radical (unpaired) electrons. The molecule has 112 valence electrons. The van der Waals surface area contributed by atoms with Gasteiger partial charge in [-0.25, -0.2) is 4.39 Å². The number of nitrogens with one attached hydrogen (secondary N) is 1. The van der Waals surface area contributed by atoms with Crippen molar-refractivity contribution < 1.29 is 4.39 Å². The summed E-state index contributed by atoms with van der Waals surface area (Å²) in [6.07, 6.45) is 1.91. The molecule has 1 atom stereocenters. The lowest BCUT2D eigenvalue weighted by Crippen LogP contribution is -2.24. The zero-order valence-corrected chi connectivity index (χ0v) is 13.9. The van der Waals surface area contributed by atoms with Crippen molar-refractivity contribution in [3.8, 4) is 0 Å². The van der Waals surface area contributed by atoms with E-state index in [-0.39, 0.29) is 11.7 Å². The highest BCUT2D eigenvalue weighted by atomic mass is 79.9. The molecule has 2 rings (SSSR count). The SMILES string of the molecule is CCCNCC(Cc1cccc(Br)c1)c1ccccc1F. The van der Waals surface area contributed by atoms with Crippen molar-refractivity contribution in [3.05, 3.63) is 69.9 Å². The number of hydrogen-bond donors (Lipinski definition) is 1. The zero-order chi connectivity index (χ0) is 15.1. The molecule has 0 aromatic heterocycles. The van der Waals surface area contributed by atoms with Gasteiger partial charge in [-0.05, 0) is 48.7 Å². The van der Waals surface area contributed by atoms with Crippen LogP contribution in [0.4, 0.5) is 4.39 Å². The van der Waals surface area contributed by atoms with E-state index >= 15 is 0 Å². The van der Waals surface area contributed by atoms with Gasteiger partial charge in [0.25, 0.3) is 0 Å². The van der Waals surface area contributed by atoms with Gasteiger partial charge in [-0.2, -0.15) is 0 Å². The molecule has 0 saturated carbocycles. The van der Waals surface area contributed by atoms with Crippen LogP contribution in [0.25, 0.3) is 0 Å². The molecule has 0 saturated heterocycles. The van der Waals surface area contributed by atoms with Crippen molar-refractivity contribution in [1.29, 1.82) is 0 Å². The molecule has 0 fully saturated rings. The average Bonchev–Trinajstić information content (AvgIpc) is 2.47. The summed E-state index contributed by atoms with van der Waals surface area (Å²) >= 11 is 3.50. The quantitative estimate of drug-likeness (QED) is 0.700. The molecule has 0 aliphatic rings. The molecule has 3 heteroatoms. The van der Waals surface area contributed by atoms with Crippen molar-refractivity contribution in [2.24, 2.45) is 0 Å². The van der Waals surface area contributed by atoms with Gasteiger partial charge >= 0.3 is 0 Å². The minimum atomic E-state index is -0.115. The lowest BCUT2D eigenvalue weighted by Gasteiger charge is -2.19. The van der Waals surface area contributed by atoms with Gasteiger partial charge in [0.05, 0.1) is 0 Å². The van der Waals surface area contributed by atoms with Crippen molar-refractivity contribution in [2.45, 2.75) is 25.7 Å². The monoisotopic (exact) mass is 349 g/mol. The maximum Gasteiger partial charge on any atom is 0.126 e. The highest BCUT2D eigenvalue weighted by Gasteiger charge is 2.16. The predicted molar refractivity (Wildman–Crippen MR) is 90.1 cm³/mol.